The second-order valence-electron chi connectivity index (χ2n) is 5.18. The van der Waals surface area contributed by atoms with Crippen molar-refractivity contribution in [2.45, 2.75) is 37.6 Å². The molecule has 0 spiro atoms. The highest BCUT2D eigenvalue weighted by Gasteiger charge is 2.21. The Balaban J connectivity index is 1.95. The summed E-state index contributed by atoms with van der Waals surface area (Å²) in [7, 11) is 0. The molecule has 1 unspecified atom stereocenters. The van der Waals surface area contributed by atoms with Crippen LogP contribution in [-0.2, 0) is 16.1 Å². The Bertz CT molecular complexity index is 665. The highest BCUT2D eigenvalue weighted by Crippen LogP contribution is 2.25. The smallest absolute Gasteiger partial charge is 0.313 e. The van der Waals surface area contributed by atoms with Crippen molar-refractivity contribution in [3.05, 3.63) is 17.8 Å². The summed E-state index contributed by atoms with van der Waals surface area (Å²) >= 11 is 1.23. The first-order valence-corrected chi connectivity index (χ1v) is 7.91. The molecule has 21 heavy (non-hydrogen) atoms. The van der Waals surface area contributed by atoms with Crippen molar-refractivity contribution in [2.24, 2.45) is 0 Å². The number of carboxylic acids is 1. The lowest BCUT2D eigenvalue weighted by atomic mass is 10.2. The number of carbonyl (C=O) groups is 1. The van der Waals surface area contributed by atoms with Crippen LogP contribution >= 0.6 is 11.8 Å². The van der Waals surface area contributed by atoms with E-state index in [4.69, 9.17) is 9.84 Å². The molecule has 0 amide bonds. The second-order valence-corrected chi connectivity index (χ2v) is 6.12. The zero-order chi connectivity index (χ0) is 14.8. The van der Waals surface area contributed by atoms with Gasteiger partial charge in [0.1, 0.15) is 5.52 Å². The number of hydrogen-bond donors (Lipinski definition) is 1. The first kappa shape index (κ1) is 14.3. The molecule has 1 N–H and O–H groups in total. The zero-order valence-corrected chi connectivity index (χ0v) is 12.6. The number of aryl methyl sites for hydroxylation is 1. The van der Waals surface area contributed by atoms with Gasteiger partial charge in [0.05, 0.1) is 18.4 Å². The number of ether oxygens (including phenoxy) is 1. The molecule has 0 saturated carbocycles. The van der Waals surface area contributed by atoms with Crippen LogP contribution in [0.5, 0.6) is 0 Å². The minimum atomic E-state index is -0.847. The molecular weight excluding hydrogens is 290 g/mol. The molecule has 1 aliphatic rings. The van der Waals surface area contributed by atoms with Gasteiger partial charge in [-0.05, 0) is 31.4 Å². The third-order valence-corrected chi connectivity index (χ3v) is 4.38. The maximum absolute atomic E-state index is 10.8. The van der Waals surface area contributed by atoms with Gasteiger partial charge in [0.15, 0.2) is 10.8 Å². The van der Waals surface area contributed by atoms with E-state index < -0.39 is 5.97 Å². The van der Waals surface area contributed by atoms with Crippen LogP contribution in [0.3, 0.4) is 0 Å². The highest BCUT2D eigenvalue weighted by atomic mass is 32.2. The van der Waals surface area contributed by atoms with Crippen molar-refractivity contribution >= 4 is 28.9 Å². The maximum atomic E-state index is 10.8. The number of aromatic nitrogens is 3. The van der Waals surface area contributed by atoms with Crippen molar-refractivity contribution in [3.8, 4) is 0 Å². The van der Waals surface area contributed by atoms with Gasteiger partial charge in [0.2, 0.25) is 0 Å². The van der Waals surface area contributed by atoms with Crippen LogP contribution in [-0.4, -0.2) is 44.1 Å². The van der Waals surface area contributed by atoms with E-state index in [1.165, 1.54) is 11.8 Å². The fraction of sp³-hybridized carbons (Fsp3) is 0.500. The predicted octanol–water partition coefficient (Wildman–Crippen LogP) is 2.10. The zero-order valence-electron chi connectivity index (χ0n) is 11.8. The summed E-state index contributed by atoms with van der Waals surface area (Å²) in [6.45, 7) is 3.44. The molecule has 0 aliphatic carbocycles. The van der Waals surface area contributed by atoms with E-state index >= 15 is 0 Å². The Labute approximate surface area is 126 Å². The van der Waals surface area contributed by atoms with Crippen molar-refractivity contribution in [3.63, 3.8) is 0 Å². The molecule has 1 atom stereocenters. The Kier molecular flexibility index (Phi) is 4.12. The summed E-state index contributed by atoms with van der Waals surface area (Å²) in [6.07, 6.45) is 4.06. The van der Waals surface area contributed by atoms with E-state index in [-0.39, 0.29) is 11.9 Å². The van der Waals surface area contributed by atoms with Gasteiger partial charge in [-0.1, -0.05) is 11.8 Å². The summed E-state index contributed by atoms with van der Waals surface area (Å²) in [5.41, 5.74) is 2.64. The van der Waals surface area contributed by atoms with E-state index in [0.717, 1.165) is 36.2 Å². The standard InChI is InChI=1S/C14H17N3O3S/c1-9-5-11-13(15-6-9)17(7-10-3-2-4-20-10)14(16-11)21-8-12(18)19/h5-6,10H,2-4,7-8H2,1H3,(H,18,19). The van der Waals surface area contributed by atoms with Gasteiger partial charge >= 0.3 is 5.97 Å². The second kappa shape index (κ2) is 6.03. The van der Waals surface area contributed by atoms with Gasteiger partial charge in [0.25, 0.3) is 0 Å². The summed E-state index contributed by atoms with van der Waals surface area (Å²) in [4.78, 5) is 19.8. The summed E-state index contributed by atoms with van der Waals surface area (Å²) in [5, 5.41) is 9.57. The number of aliphatic carboxylic acids is 1. The number of imidazole rings is 1. The van der Waals surface area contributed by atoms with Gasteiger partial charge in [-0.2, -0.15) is 0 Å². The minimum Gasteiger partial charge on any atom is -0.481 e. The van der Waals surface area contributed by atoms with Crippen LogP contribution in [0.15, 0.2) is 17.4 Å². The monoisotopic (exact) mass is 307 g/mol. The molecule has 0 aromatic carbocycles. The van der Waals surface area contributed by atoms with Crippen molar-refractivity contribution < 1.29 is 14.6 Å². The van der Waals surface area contributed by atoms with E-state index in [1.807, 2.05) is 23.8 Å². The van der Waals surface area contributed by atoms with E-state index in [0.29, 0.717) is 11.7 Å². The lowest BCUT2D eigenvalue weighted by Gasteiger charge is -2.12. The van der Waals surface area contributed by atoms with Gasteiger partial charge in [-0.15, -0.1) is 0 Å². The van der Waals surface area contributed by atoms with Crippen LogP contribution < -0.4 is 0 Å². The average molecular weight is 307 g/mol. The molecule has 112 valence electrons. The van der Waals surface area contributed by atoms with E-state index in [1.54, 1.807) is 0 Å². The molecule has 3 rings (SSSR count). The van der Waals surface area contributed by atoms with Gasteiger partial charge < -0.3 is 14.4 Å². The molecule has 3 heterocycles. The number of hydrogen-bond acceptors (Lipinski definition) is 5. The lowest BCUT2D eigenvalue weighted by Crippen LogP contribution is -2.16. The summed E-state index contributed by atoms with van der Waals surface area (Å²) in [5.74, 6) is -0.853. The predicted molar refractivity (Wildman–Crippen MR) is 79.6 cm³/mol. The highest BCUT2D eigenvalue weighted by molar-refractivity contribution is 7.99. The van der Waals surface area contributed by atoms with Crippen LogP contribution in [0.1, 0.15) is 18.4 Å². The maximum Gasteiger partial charge on any atom is 0.313 e. The molecule has 2 aromatic rings. The Morgan fingerprint density at radius 1 is 1.62 bits per heavy atom. The topological polar surface area (TPSA) is 77.2 Å². The molecule has 1 saturated heterocycles. The average Bonchev–Trinajstić information content (AvgIpc) is 3.05. The first-order chi connectivity index (χ1) is 10.1. The van der Waals surface area contributed by atoms with Gasteiger partial charge in [-0.25, -0.2) is 9.97 Å². The first-order valence-electron chi connectivity index (χ1n) is 6.92. The number of fused-ring (bicyclic) bond motifs is 1. The third-order valence-electron chi connectivity index (χ3n) is 3.42. The molecule has 1 fully saturated rings. The van der Waals surface area contributed by atoms with Crippen LogP contribution in [0, 0.1) is 6.92 Å². The molecular formula is C14H17N3O3S. The molecule has 1 aliphatic heterocycles. The van der Waals surface area contributed by atoms with Crippen molar-refractivity contribution in [2.75, 3.05) is 12.4 Å². The Hall–Kier alpha value is -1.60. The summed E-state index contributed by atoms with van der Waals surface area (Å²) < 4.78 is 7.66. The van der Waals surface area contributed by atoms with Gasteiger partial charge in [0, 0.05) is 12.8 Å². The largest absolute Gasteiger partial charge is 0.481 e. The van der Waals surface area contributed by atoms with E-state index in [9.17, 15) is 4.79 Å². The number of rotatable bonds is 5. The van der Waals surface area contributed by atoms with Crippen molar-refractivity contribution in [1.29, 1.82) is 0 Å². The Morgan fingerprint density at radius 3 is 3.19 bits per heavy atom. The van der Waals surface area contributed by atoms with E-state index in [2.05, 4.69) is 9.97 Å². The normalized spacial score (nSPS) is 18.4. The molecule has 7 heteroatoms. The molecule has 0 radical (unpaired) electrons. The minimum absolute atomic E-state index is 0.00612. The molecule has 0 bridgehead atoms. The van der Waals surface area contributed by atoms with Crippen LogP contribution in [0.25, 0.3) is 11.2 Å². The van der Waals surface area contributed by atoms with Crippen molar-refractivity contribution in [1.82, 2.24) is 14.5 Å². The summed E-state index contributed by atoms with van der Waals surface area (Å²) in [6, 6.07) is 1.97. The Morgan fingerprint density at radius 2 is 2.48 bits per heavy atom. The number of pyridine rings is 1. The quantitative estimate of drug-likeness (QED) is 0.852. The number of carboxylic acid groups (broad SMARTS) is 1. The fourth-order valence-electron chi connectivity index (χ4n) is 2.48. The number of thioether (sulfide) groups is 1. The number of nitrogens with zero attached hydrogens (tertiary/aromatic N) is 3. The fourth-order valence-corrected chi connectivity index (χ4v) is 3.22. The van der Waals surface area contributed by atoms with Gasteiger partial charge in [-0.3, -0.25) is 4.79 Å². The SMILES string of the molecule is Cc1cnc2c(c1)nc(SCC(=O)O)n2CC1CCCO1. The van der Waals surface area contributed by atoms with Crippen LogP contribution in [0.2, 0.25) is 0 Å². The molecule has 6 nitrogen and oxygen atoms in total. The molecule has 2 aromatic heterocycles. The third kappa shape index (κ3) is 3.19. The lowest BCUT2D eigenvalue weighted by molar-refractivity contribution is -0.133. The van der Waals surface area contributed by atoms with Crippen LogP contribution in [0.4, 0.5) is 0 Å².